The highest BCUT2D eigenvalue weighted by Crippen LogP contribution is 2.15. The van der Waals surface area contributed by atoms with Crippen molar-refractivity contribution in [2.24, 2.45) is 0 Å². The van der Waals surface area contributed by atoms with Gasteiger partial charge in [-0.05, 0) is 6.92 Å². The number of ether oxygens (including phenoxy) is 1. The van der Waals surface area contributed by atoms with E-state index in [2.05, 4.69) is 4.74 Å². The van der Waals surface area contributed by atoms with Crippen LogP contribution in [0.4, 0.5) is 4.39 Å². The van der Waals surface area contributed by atoms with Crippen molar-refractivity contribution in [1.29, 1.82) is 0 Å². The van der Waals surface area contributed by atoms with Crippen molar-refractivity contribution >= 4 is 35.1 Å². The van der Waals surface area contributed by atoms with Gasteiger partial charge in [0, 0.05) is 0 Å². The van der Waals surface area contributed by atoms with E-state index in [1.807, 2.05) is 5.32 Å². The Morgan fingerprint density at radius 2 is 1.93 bits per heavy atom. The molecule has 4 nitrogen and oxygen atoms in total. The molecule has 0 aromatic carbocycles. The molecule has 0 aliphatic rings. The molecule has 7 heteroatoms. The van der Waals surface area contributed by atoms with E-state index in [0.717, 1.165) is 7.11 Å². The Kier molecular flexibility index (Phi) is 5.49. The molecular weight excluding hydrogens is 236 g/mol. The fraction of sp³-hybridized carbons (Fsp3) is 0.429. The van der Waals surface area contributed by atoms with Crippen LogP contribution in [0.5, 0.6) is 0 Å². The van der Waals surface area contributed by atoms with E-state index in [4.69, 9.17) is 23.2 Å². The van der Waals surface area contributed by atoms with Gasteiger partial charge in [0.1, 0.15) is 10.5 Å². The van der Waals surface area contributed by atoms with Gasteiger partial charge in [-0.1, -0.05) is 23.2 Å². The Hall–Kier alpha value is -0.810. The van der Waals surface area contributed by atoms with E-state index in [1.165, 1.54) is 6.92 Å². The van der Waals surface area contributed by atoms with Crippen LogP contribution in [0.15, 0.2) is 10.3 Å². The number of halogens is 3. The van der Waals surface area contributed by atoms with Crippen molar-refractivity contribution in [2.45, 2.75) is 13.0 Å². The fourth-order valence-corrected chi connectivity index (χ4v) is 0.753. The lowest BCUT2D eigenvalue weighted by Gasteiger charge is -2.09. The van der Waals surface area contributed by atoms with Gasteiger partial charge < -0.3 is 10.1 Å². The molecular formula is C7H8Cl2FNO3. The molecule has 0 aromatic rings. The maximum absolute atomic E-state index is 12.7. The number of hydrogen-bond acceptors (Lipinski definition) is 3. The summed E-state index contributed by atoms with van der Waals surface area (Å²) in [5.74, 6) is -3.20. The molecule has 1 N–H and O–H groups in total. The smallest absolute Gasteiger partial charge is 0.328 e. The summed E-state index contributed by atoms with van der Waals surface area (Å²) in [5.41, 5.74) is 0. The summed E-state index contributed by atoms with van der Waals surface area (Å²) in [7, 11) is 1.14. The van der Waals surface area contributed by atoms with Crippen LogP contribution in [0.3, 0.4) is 0 Å². The van der Waals surface area contributed by atoms with E-state index < -0.39 is 28.2 Å². The van der Waals surface area contributed by atoms with Crippen LogP contribution in [0, 0.1) is 0 Å². The first-order valence-electron chi connectivity index (χ1n) is 3.49. The van der Waals surface area contributed by atoms with E-state index in [-0.39, 0.29) is 0 Å². The lowest BCUT2D eigenvalue weighted by molar-refractivity contribution is -0.144. The highest BCUT2D eigenvalue weighted by Gasteiger charge is 2.20. The van der Waals surface area contributed by atoms with Crippen molar-refractivity contribution in [3.63, 3.8) is 0 Å². The van der Waals surface area contributed by atoms with Crippen LogP contribution in [0.1, 0.15) is 6.92 Å². The molecule has 0 bridgehead atoms. The molecule has 0 spiro atoms. The molecule has 0 rings (SSSR count). The van der Waals surface area contributed by atoms with E-state index in [9.17, 15) is 14.0 Å². The van der Waals surface area contributed by atoms with Gasteiger partial charge in [-0.3, -0.25) is 4.79 Å². The van der Waals surface area contributed by atoms with Gasteiger partial charge >= 0.3 is 5.97 Å². The third-order valence-electron chi connectivity index (χ3n) is 1.27. The predicted octanol–water partition coefficient (Wildman–Crippen LogP) is 1.28. The Morgan fingerprint density at radius 1 is 1.43 bits per heavy atom. The lowest BCUT2D eigenvalue weighted by atomic mass is 10.3. The van der Waals surface area contributed by atoms with Gasteiger partial charge in [0.05, 0.1) is 7.11 Å². The molecule has 80 valence electrons. The minimum Gasteiger partial charge on any atom is -0.467 e. The molecule has 0 heterocycles. The number of esters is 1. The minimum atomic E-state index is -1.34. The predicted molar refractivity (Wildman–Crippen MR) is 49.5 cm³/mol. The molecule has 1 amide bonds. The van der Waals surface area contributed by atoms with Crippen molar-refractivity contribution < 1.29 is 18.7 Å². The van der Waals surface area contributed by atoms with Gasteiger partial charge in [-0.15, -0.1) is 0 Å². The first-order valence-corrected chi connectivity index (χ1v) is 4.25. The zero-order chi connectivity index (χ0) is 11.3. The first kappa shape index (κ1) is 13.2. The first-order chi connectivity index (χ1) is 6.40. The molecule has 0 aromatic heterocycles. The molecule has 1 atom stereocenters. The summed E-state index contributed by atoms with van der Waals surface area (Å²) >= 11 is 10.0. The number of hydrogen-bond donors (Lipinski definition) is 1. The Balaban J connectivity index is 4.35. The highest BCUT2D eigenvalue weighted by molar-refractivity contribution is 6.57. The van der Waals surface area contributed by atoms with Crippen molar-refractivity contribution in [3.8, 4) is 0 Å². The fourth-order valence-electron chi connectivity index (χ4n) is 0.582. The van der Waals surface area contributed by atoms with Gasteiger partial charge in [-0.2, -0.15) is 4.39 Å². The normalized spacial score (nSPS) is 11.5. The van der Waals surface area contributed by atoms with Crippen molar-refractivity contribution in [2.75, 3.05) is 7.11 Å². The minimum absolute atomic E-state index is 0.697. The van der Waals surface area contributed by atoms with Crippen LogP contribution in [0.25, 0.3) is 0 Å². The third-order valence-corrected chi connectivity index (χ3v) is 1.60. The number of nitrogens with one attached hydrogen (secondary N) is 1. The number of carbonyl (C=O) groups excluding carboxylic acids is 2. The highest BCUT2D eigenvalue weighted by atomic mass is 35.5. The summed E-state index contributed by atoms with van der Waals surface area (Å²) < 4.78 is 16.2. The van der Waals surface area contributed by atoms with Crippen LogP contribution in [-0.4, -0.2) is 25.0 Å². The van der Waals surface area contributed by atoms with Gasteiger partial charge in [0.25, 0.3) is 5.91 Å². The number of methoxy groups -OCH3 is 1. The summed E-state index contributed by atoms with van der Waals surface area (Å²) in [6.45, 7) is 1.33. The molecule has 0 saturated heterocycles. The maximum Gasteiger partial charge on any atom is 0.328 e. The monoisotopic (exact) mass is 243 g/mol. The van der Waals surface area contributed by atoms with E-state index >= 15 is 0 Å². The zero-order valence-electron chi connectivity index (χ0n) is 7.44. The molecule has 14 heavy (non-hydrogen) atoms. The summed E-state index contributed by atoms with van der Waals surface area (Å²) in [5, 5.41) is 2.00. The molecule has 0 aliphatic carbocycles. The molecule has 0 aliphatic heterocycles. The van der Waals surface area contributed by atoms with Gasteiger partial charge in [0.2, 0.25) is 5.83 Å². The molecule has 0 radical (unpaired) electrons. The van der Waals surface area contributed by atoms with Gasteiger partial charge in [0.15, 0.2) is 0 Å². The SMILES string of the molecule is COC(=O)C(C)NC(=O)C(F)=C(Cl)Cl. The second kappa shape index (κ2) is 5.82. The second-order valence-electron chi connectivity index (χ2n) is 2.29. The van der Waals surface area contributed by atoms with Crippen molar-refractivity contribution in [3.05, 3.63) is 10.3 Å². The molecule has 0 saturated carbocycles. The van der Waals surface area contributed by atoms with E-state index in [1.54, 1.807) is 0 Å². The van der Waals surface area contributed by atoms with Crippen LogP contribution in [-0.2, 0) is 14.3 Å². The number of amides is 1. The summed E-state index contributed by atoms with van der Waals surface area (Å²) in [6, 6.07) is -0.967. The molecule has 1 unspecified atom stereocenters. The number of rotatable bonds is 3. The van der Waals surface area contributed by atoms with E-state index in [0.29, 0.717) is 0 Å². The van der Waals surface area contributed by atoms with Gasteiger partial charge in [-0.25, -0.2) is 4.79 Å². The summed E-state index contributed by atoms with van der Waals surface area (Å²) in [6.07, 6.45) is 0. The maximum atomic E-state index is 12.7. The topological polar surface area (TPSA) is 55.4 Å². The Labute approximate surface area is 90.0 Å². The Morgan fingerprint density at radius 3 is 2.29 bits per heavy atom. The Bertz CT molecular complexity index is 276. The average molecular weight is 244 g/mol. The zero-order valence-corrected chi connectivity index (χ0v) is 8.95. The summed E-state index contributed by atoms with van der Waals surface area (Å²) in [4.78, 5) is 21.7. The van der Waals surface area contributed by atoms with Crippen molar-refractivity contribution in [1.82, 2.24) is 5.32 Å². The van der Waals surface area contributed by atoms with Crippen LogP contribution < -0.4 is 5.32 Å². The van der Waals surface area contributed by atoms with Crippen LogP contribution in [0.2, 0.25) is 0 Å². The average Bonchev–Trinajstić information content (AvgIpc) is 2.14. The van der Waals surface area contributed by atoms with Crippen LogP contribution >= 0.6 is 23.2 Å². The second-order valence-corrected chi connectivity index (χ2v) is 3.24. The third kappa shape index (κ3) is 3.93. The quantitative estimate of drug-likeness (QED) is 0.601. The molecule has 0 fully saturated rings. The number of carbonyl (C=O) groups is 2. The largest absolute Gasteiger partial charge is 0.467 e. The lowest BCUT2D eigenvalue weighted by Crippen LogP contribution is -2.39. The standard InChI is InChI=1S/C7H8Cl2FNO3/c1-3(7(13)14-2)11-6(12)4(10)5(8)9/h3H,1-2H3,(H,11,12).